The monoisotopic (exact) mass is 227 g/mol. The van der Waals surface area contributed by atoms with Crippen molar-refractivity contribution in [3.63, 3.8) is 0 Å². The Kier molecular flexibility index (Phi) is 3.51. The standard InChI is InChI=1S/C12H15F2NO/c13-11-3-1-2-9(12(11)14)8-15-6-4-10(16)5-7-15/h1-3,10,16H,4-8H2. The van der Waals surface area contributed by atoms with Crippen LogP contribution in [0.4, 0.5) is 8.78 Å². The van der Waals surface area contributed by atoms with Gasteiger partial charge in [-0.3, -0.25) is 4.90 Å². The van der Waals surface area contributed by atoms with Crippen molar-refractivity contribution in [1.82, 2.24) is 4.90 Å². The lowest BCUT2D eigenvalue weighted by Crippen LogP contribution is -2.35. The van der Waals surface area contributed by atoms with Crippen LogP contribution >= 0.6 is 0 Å². The molecule has 4 heteroatoms. The lowest BCUT2D eigenvalue weighted by Gasteiger charge is -2.29. The van der Waals surface area contributed by atoms with Crippen molar-refractivity contribution >= 4 is 0 Å². The van der Waals surface area contributed by atoms with Gasteiger partial charge in [0, 0.05) is 25.2 Å². The van der Waals surface area contributed by atoms with Crippen LogP contribution in [0.25, 0.3) is 0 Å². The molecule has 0 aliphatic carbocycles. The predicted octanol–water partition coefficient (Wildman–Crippen LogP) is 1.92. The maximum Gasteiger partial charge on any atom is 0.163 e. The fourth-order valence-corrected chi connectivity index (χ4v) is 1.99. The Bertz CT molecular complexity index is 362. The highest BCUT2D eigenvalue weighted by atomic mass is 19.2. The maximum atomic E-state index is 13.4. The SMILES string of the molecule is OC1CCN(Cc2cccc(F)c2F)CC1. The van der Waals surface area contributed by atoms with Crippen LogP contribution in [-0.4, -0.2) is 29.2 Å². The Morgan fingerprint density at radius 3 is 2.62 bits per heavy atom. The molecule has 0 bridgehead atoms. The number of nitrogens with zero attached hydrogens (tertiary/aromatic N) is 1. The molecule has 0 atom stereocenters. The number of hydrogen-bond acceptors (Lipinski definition) is 2. The summed E-state index contributed by atoms with van der Waals surface area (Å²) in [6.45, 7) is 1.88. The number of benzene rings is 1. The molecule has 1 N–H and O–H groups in total. The summed E-state index contributed by atoms with van der Waals surface area (Å²) in [6, 6.07) is 4.24. The molecule has 1 aliphatic heterocycles. The van der Waals surface area contributed by atoms with Crippen LogP contribution in [-0.2, 0) is 6.54 Å². The van der Waals surface area contributed by atoms with E-state index in [0.717, 1.165) is 19.2 Å². The summed E-state index contributed by atoms with van der Waals surface area (Å²) in [5.74, 6) is -1.55. The van der Waals surface area contributed by atoms with Gasteiger partial charge in [-0.2, -0.15) is 0 Å². The molecule has 0 aromatic heterocycles. The second-order valence-electron chi connectivity index (χ2n) is 4.22. The van der Waals surface area contributed by atoms with Gasteiger partial charge in [-0.15, -0.1) is 0 Å². The molecule has 1 aliphatic rings. The quantitative estimate of drug-likeness (QED) is 0.834. The van der Waals surface area contributed by atoms with Gasteiger partial charge < -0.3 is 5.11 Å². The van der Waals surface area contributed by atoms with E-state index in [2.05, 4.69) is 0 Å². The molecular formula is C12H15F2NO. The van der Waals surface area contributed by atoms with Crippen molar-refractivity contribution in [3.05, 3.63) is 35.4 Å². The molecule has 0 saturated carbocycles. The van der Waals surface area contributed by atoms with Gasteiger partial charge in [0.1, 0.15) is 0 Å². The number of halogens is 2. The Morgan fingerprint density at radius 1 is 1.25 bits per heavy atom. The molecule has 1 aromatic rings. The lowest BCUT2D eigenvalue weighted by atomic mass is 10.1. The van der Waals surface area contributed by atoms with E-state index in [4.69, 9.17) is 0 Å². The van der Waals surface area contributed by atoms with Crippen LogP contribution in [0.2, 0.25) is 0 Å². The number of hydrogen-bond donors (Lipinski definition) is 1. The summed E-state index contributed by atoms with van der Waals surface area (Å²) in [5, 5.41) is 9.33. The summed E-state index contributed by atoms with van der Waals surface area (Å²) < 4.78 is 26.3. The fraction of sp³-hybridized carbons (Fsp3) is 0.500. The van der Waals surface area contributed by atoms with Gasteiger partial charge in [-0.05, 0) is 18.9 Å². The number of rotatable bonds is 2. The Hall–Kier alpha value is -1.00. The van der Waals surface area contributed by atoms with Gasteiger partial charge in [-0.1, -0.05) is 12.1 Å². The number of aliphatic hydroxyl groups is 1. The third-order valence-electron chi connectivity index (χ3n) is 2.98. The molecule has 0 spiro atoms. The highest BCUT2D eigenvalue weighted by molar-refractivity contribution is 5.18. The Morgan fingerprint density at radius 2 is 1.94 bits per heavy atom. The summed E-state index contributed by atoms with van der Waals surface area (Å²) >= 11 is 0. The Balaban J connectivity index is 2.01. The molecule has 1 fully saturated rings. The normalized spacial score (nSPS) is 18.9. The predicted molar refractivity (Wildman–Crippen MR) is 56.9 cm³/mol. The number of aliphatic hydroxyl groups excluding tert-OH is 1. The van der Waals surface area contributed by atoms with E-state index in [0.29, 0.717) is 24.9 Å². The van der Waals surface area contributed by atoms with Crippen LogP contribution in [0.15, 0.2) is 18.2 Å². The largest absolute Gasteiger partial charge is 0.393 e. The summed E-state index contributed by atoms with van der Waals surface area (Å²) in [4.78, 5) is 2.03. The molecule has 0 amide bonds. The number of piperidine rings is 1. The van der Waals surface area contributed by atoms with Crippen molar-refractivity contribution in [2.24, 2.45) is 0 Å². The zero-order valence-electron chi connectivity index (χ0n) is 9.00. The smallest absolute Gasteiger partial charge is 0.163 e. The van der Waals surface area contributed by atoms with E-state index >= 15 is 0 Å². The first-order valence-corrected chi connectivity index (χ1v) is 5.50. The average molecular weight is 227 g/mol. The zero-order valence-corrected chi connectivity index (χ0v) is 9.00. The van der Waals surface area contributed by atoms with Crippen molar-refractivity contribution < 1.29 is 13.9 Å². The molecule has 88 valence electrons. The van der Waals surface area contributed by atoms with Crippen molar-refractivity contribution in [1.29, 1.82) is 0 Å². The molecule has 1 saturated heterocycles. The Labute approximate surface area is 93.5 Å². The molecular weight excluding hydrogens is 212 g/mol. The third-order valence-corrected chi connectivity index (χ3v) is 2.98. The van der Waals surface area contributed by atoms with Gasteiger partial charge in [0.15, 0.2) is 11.6 Å². The van der Waals surface area contributed by atoms with Gasteiger partial charge in [0.25, 0.3) is 0 Å². The van der Waals surface area contributed by atoms with E-state index in [1.165, 1.54) is 6.07 Å². The van der Waals surface area contributed by atoms with E-state index < -0.39 is 11.6 Å². The first kappa shape index (κ1) is 11.5. The molecule has 16 heavy (non-hydrogen) atoms. The topological polar surface area (TPSA) is 23.5 Å². The van der Waals surface area contributed by atoms with Crippen LogP contribution < -0.4 is 0 Å². The highest BCUT2D eigenvalue weighted by Crippen LogP contribution is 2.17. The van der Waals surface area contributed by atoms with E-state index in [-0.39, 0.29) is 6.10 Å². The minimum Gasteiger partial charge on any atom is -0.393 e. The van der Waals surface area contributed by atoms with Gasteiger partial charge in [0.05, 0.1) is 6.10 Å². The first-order valence-electron chi connectivity index (χ1n) is 5.50. The lowest BCUT2D eigenvalue weighted by molar-refractivity contribution is 0.0786. The van der Waals surface area contributed by atoms with Gasteiger partial charge in [0.2, 0.25) is 0 Å². The minimum atomic E-state index is -0.797. The second-order valence-corrected chi connectivity index (χ2v) is 4.22. The highest BCUT2D eigenvalue weighted by Gasteiger charge is 2.18. The summed E-state index contributed by atoms with van der Waals surface area (Å²) in [7, 11) is 0. The number of likely N-dealkylation sites (tertiary alicyclic amines) is 1. The first-order chi connectivity index (χ1) is 7.66. The summed E-state index contributed by atoms with van der Waals surface area (Å²) in [6.07, 6.45) is 1.17. The zero-order chi connectivity index (χ0) is 11.5. The van der Waals surface area contributed by atoms with Crippen LogP contribution in [0.1, 0.15) is 18.4 Å². The molecule has 1 heterocycles. The van der Waals surface area contributed by atoms with Crippen LogP contribution in [0, 0.1) is 11.6 Å². The molecule has 2 rings (SSSR count). The van der Waals surface area contributed by atoms with E-state index in [1.807, 2.05) is 4.90 Å². The summed E-state index contributed by atoms with van der Waals surface area (Å²) in [5.41, 5.74) is 0.386. The molecule has 0 unspecified atom stereocenters. The molecule has 1 aromatic carbocycles. The van der Waals surface area contributed by atoms with Gasteiger partial charge in [-0.25, -0.2) is 8.78 Å². The second kappa shape index (κ2) is 4.89. The third kappa shape index (κ3) is 2.57. The molecule has 0 radical (unpaired) electrons. The van der Waals surface area contributed by atoms with Crippen molar-refractivity contribution in [3.8, 4) is 0 Å². The van der Waals surface area contributed by atoms with E-state index in [1.54, 1.807) is 6.07 Å². The van der Waals surface area contributed by atoms with Crippen molar-refractivity contribution in [2.75, 3.05) is 13.1 Å². The van der Waals surface area contributed by atoms with Gasteiger partial charge >= 0.3 is 0 Å². The average Bonchev–Trinajstić information content (AvgIpc) is 2.28. The minimum absolute atomic E-state index is 0.242. The molecule has 2 nitrogen and oxygen atoms in total. The van der Waals surface area contributed by atoms with Crippen LogP contribution in [0.5, 0.6) is 0 Å². The fourth-order valence-electron chi connectivity index (χ4n) is 1.99. The van der Waals surface area contributed by atoms with Crippen molar-refractivity contribution in [2.45, 2.75) is 25.5 Å². The van der Waals surface area contributed by atoms with E-state index in [9.17, 15) is 13.9 Å². The van der Waals surface area contributed by atoms with Crippen LogP contribution in [0.3, 0.4) is 0 Å². The maximum absolute atomic E-state index is 13.4.